The molecule has 11 heteroatoms. The maximum atomic E-state index is 12.8. The van der Waals surface area contributed by atoms with E-state index in [-0.39, 0.29) is 0 Å². The Morgan fingerprint density at radius 3 is 1.53 bits per heavy atom. The summed E-state index contributed by atoms with van der Waals surface area (Å²) in [6, 6.07) is 0. The molecule has 0 bridgehead atoms. The van der Waals surface area contributed by atoms with Gasteiger partial charge in [-0.1, -0.05) is 0 Å². The number of carbonyl (C=O) groups excluding carboxylic acids is 1. The zero-order valence-electron chi connectivity index (χ0n) is 8.83. The van der Waals surface area contributed by atoms with E-state index in [0.29, 0.717) is 6.92 Å². The van der Waals surface area contributed by atoms with Gasteiger partial charge < -0.3 is 5.11 Å². The molecular formula is C8H5F9O2. The molecule has 19 heavy (non-hydrogen) atoms. The lowest BCUT2D eigenvalue weighted by atomic mass is 10.0. The summed E-state index contributed by atoms with van der Waals surface area (Å²) in [7, 11) is 0. The molecule has 0 rings (SSSR count). The Morgan fingerprint density at radius 1 is 0.895 bits per heavy atom. The maximum Gasteiger partial charge on any atom is 0.460 e. The van der Waals surface area contributed by atoms with Crippen LogP contribution in [-0.2, 0) is 4.79 Å². The van der Waals surface area contributed by atoms with Crippen LogP contribution in [-0.4, -0.2) is 34.8 Å². The van der Waals surface area contributed by atoms with Crippen molar-refractivity contribution in [1.29, 1.82) is 0 Å². The fourth-order valence-electron chi connectivity index (χ4n) is 0.819. The molecule has 0 aromatic heterocycles. The summed E-state index contributed by atoms with van der Waals surface area (Å²) in [6.45, 7) is 0.479. The van der Waals surface area contributed by atoms with Gasteiger partial charge in [0, 0.05) is 6.08 Å². The summed E-state index contributed by atoms with van der Waals surface area (Å²) in [5.74, 6) is -24.7. The summed E-state index contributed by atoms with van der Waals surface area (Å²) in [4.78, 5) is 10.3. The largest absolute Gasteiger partial charge is 0.506 e. The molecule has 0 aliphatic heterocycles. The van der Waals surface area contributed by atoms with Crippen LogP contribution >= 0.6 is 0 Å². The molecule has 0 aromatic rings. The normalized spacial score (nSPS) is 15.6. The number of aliphatic hydroxyl groups is 1. The molecule has 0 saturated heterocycles. The van der Waals surface area contributed by atoms with Crippen LogP contribution in [0, 0.1) is 0 Å². The number of hydrogen-bond donors (Lipinski definition) is 1. The van der Waals surface area contributed by atoms with E-state index in [0.717, 1.165) is 0 Å². The molecule has 0 radical (unpaired) electrons. The number of ketones is 1. The topological polar surface area (TPSA) is 37.3 Å². The minimum absolute atomic E-state index is 0.479. The van der Waals surface area contributed by atoms with Crippen molar-refractivity contribution in [1.82, 2.24) is 0 Å². The first-order valence-electron chi connectivity index (χ1n) is 4.21. The Bertz CT molecular complexity index is 394. The highest BCUT2D eigenvalue weighted by Gasteiger charge is 2.82. The van der Waals surface area contributed by atoms with Crippen LogP contribution in [0.4, 0.5) is 39.5 Å². The third-order valence-corrected chi connectivity index (χ3v) is 1.81. The fraction of sp³-hybridized carbons (Fsp3) is 0.625. The maximum absolute atomic E-state index is 12.8. The minimum Gasteiger partial charge on any atom is -0.506 e. The van der Waals surface area contributed by atoms with Crippen molar-refractivity contribution >= 4 is 5.78 Å². The quantitative estimate of drug-likeness (QED) is 0.490. The van der Waals surface area contributed by atoms with Crippen LogP contribution < -0.4 is 0 Å². The highest BCUT2D eigenvalue weighted by Crippen LogP contribution is 2.54. The van der Waals surface area contributed by atoms with Crippen molar-refractivity contribution in [2.45, 2.75) is 30.9 Å². The molecule has 0 aromatic carbocycles. The van der Waals surface area contributed by atoms with Gasteiger partial charge in [-0.25, -0.2) is 0 Å². The summed E-state index contributed by atoms with van der Waals surface area (Å²) in [6.07, 6.45) is -7.56. The van der Waals surface area contributed by atoms with E-state index in [1.165, 1.54) is 0 Å². The van der Waals surface area contributed by atoms with Crippen molar-refractivity contribution in [3.05, 3.63) is 11.8 Å². The van der Waals surface area contributed by atoms with E-state index in [1.54, 1.807) is 0 Å². The van der Waals surface area contributed by atoms with Gasteiger partial charge in [0.15, 0.2) is 11.5 Å². The second-order valence-corrected chi connectivity index (χ2v) is 3.36. The van der Waals surface area contributed by atoms with E-state index in [2.05, 4.69) is 0 Å². The second kappa shape index (κ2) is 4.60. The first kappa shape index (κ1) is 17.6. The van der Waals surface area contributed by atoms with Gasteiger partial charge >= 0.3 is 23.9 Å². The summed E-state index contributed by atoms with van der Waals surface area (Å²) < 4.78 is 110. The van der Waals surface area contributed by atoms with Gasteiger partial charge in [-0.05, 0) is 6.92 Å². The molecule has 0 amide bonds. The molecule has 0 atom stereocenters. The molecule has 112 valence electrons. The van der Waals surface area contributed by atoms with E-state index >= 15 is 0 Å². The molecule has 0 aliphatic rings. The van der Waals surface area contributed by atoms with Crippen molar-refractivity contribution in [2.75, 3.05) is 0 Å². The Morgan fingerprint density at radius 2 is 1.26 bits per heavy atom. The van der Waals surface area contributed by atoms with Crippen LogP contribution in [0.5, 0.6) is 0 Å². The third kappa shape index (κ3) is 2.78. The molecule has 0 fully saturated rings. The number of rotatable bonds is 4. The van der Waals surface area contributed by atoms with Crippen molar-refractivity contribution in [3.8, 4) is 0 Å². The zero-order chi connectivity index (χ0) is 15.9. The molecule has 0 unspecified atom stereocenters. The standard InChI is InChI=1S/C8H5F9O2/c1-3(18)2-4(19)5(9,10)6(11,12)7(13,14)8(15,16)17/h2,19H,1H3/b4-2-. The summed E-state index contributed by atoms with van der Waals surface area (Å²) in [5.41, 5.74) is 0. The van der Waals surface area contributed by atoms with E-state index < -0.39 is 41.6 Å². The van der Waals surface area contributed by atoms with Crippen LogP contribution in [0.1, 0.15) is 6.92 Å². The van der Waals surface area contributed by atoms with E-state index in [9.17, 15) is 44.3 Å². The van der Waals surface area contributed by atoms with Gasteiger partial charge in [-0.15, -0.1) is 0 Å². The summed E-state index contributed by atoms with van der Waals surface area (Å²) >= 11 is 0. The van der Waals surface area contributed by atoms with E-state index in [4.69, 9.17) is 5.11 Å². The smallest absolute Gasteiger partial charge is 0.460 e. The first-order valence-corrected chi connectivity index (χ1v) is 4.21. The number of allylic oxidation sites excluding steroid dienone is 2. The van der Waals surface area contributed by atoms with E-state index in [1.807, 2.05) is 0 Å². The Labute approximate surface area is 99.0 Å². The predicted octanol–water partition coefficient (Wildman–Crippen LogP) is 3.49. The lowest BCUT2D eigenvalue weighted by Crippen LogP contribution is -2.61. The molecule has 2 nitrogen and oxygen atoms in total. The molecule has 0 aliphatic carbocycles. The Hall–Kier alpha value is -1.42. The molecular weight excluding hydrogens is 299 g/mol. The average molecular weight is 304 g/mol. The van der Waals surface area contributed by atoms with Crippen molar-refractivity contribution in [3.63, 3.8) is 0 Å². The van der Waals surface area contributed by atoms with Crippen LogP contribution in [0.2, 0.25) is 0 Å². The lowest BCUT2D eigenvalue weighted by Gasteiger charge is -2.33. The molecule has 0 saturated carbocycles. The number of halogens is 9. The first-order chi connectivity index (χ1) is 8.09. The minimum atomic E-state index is -7.11. The number of alkyl halides is 9. The highest BCUT2D eigenvalue weighted by atomic mass is 19.4. The lowest BCUT2D eigenvalue weighted by molar-refractivity contribution is -0.392. The fourth-order valence-corrected chi connectivity index (χ4v) is 0.819. The Balaban J connectivity index is 5.84. The predicted molar refractivity (Wildman–Crippen MR) is 42.3 cm³/mol. The number of aliphatic hydroxyl groups excluding tert-OH is 1. The third-order valence-electron chi connectivity index (χ3n) is 1.81. The Kier molecular flexibility index (Phi) is 4.26. The number of carbonyl (C=O) groups is 1. The molecule has 0 heterocycles. The highest BCUT2D eigenvalue weighted by molar-refractivity contribution is 5.87. The number of hydrogen-bond acceptors (Lipinski definition) is 2. The van der Waals surface area contributed by atoms with Crippen molar-refractivity contribution in [2.24, 2.45) is 0 Å². The second-order valence-electron chi connectivity index (χ2n) is 3.36. The molecule has 0 spiro atoms. The van der Waals surface area contributed by atoms with Gasteiger partial charge in [0.1, 0.15) is 0 Å². The van der Waals surface area contributed by atoms with Crippen LogP contribution in [0.3, 0.4) is 0 Å². The van der Waals surface area contributed by atoms with Crippen molar-refractivity contribution < 1.29 is 49.4 Å². The zero-order valence-corrected chi connectivity index (χ0v) is 8.83. The van der Waals surface area contributed by atoms with Gasteiger partial charge in [0.2, 0.25) is 0 Å². The van der Waals surface area contributed by atoms with Gasteiger partial charge in [0.25, 0.3) is 0 Å². The monoisotopic (exact) mass is 304 g/mol. The van der Waals surface area contributed by atoms with Gasteiger partial charge in [0.05, 0.1) is 0 Å². The van der Waals surface area contributed by atoms with Crippen LogP contribution in [0.25, 0.3) is 0 Å². The van der Waals surface area contributed by atoms with Gasteiger partial charge in [-0.2, -0.15) is 39.5 Å². The van der Waals surface area contributed by atoms with Gasteiger partial charge in [-0.3, -0.25) is 4.79 Å². The molecule has 1 N–H and O–H groups in total. The van der Waals surface area contributed by atoms with Crippen LogP contribution in [0.15, 0.2) is 11.8 Å². The summed E-state index contributed by atoms with van der Waals surface area (Å²) in [5, 5.41) is 8.42. The average Bonchev–Trinajstić information content (AvgIpc) is 2.13. The SMILES string of the molecule is CC(=O)/C=C(\O)C(F)(F)C(F)(F)C(F)(F)C(F)(F)F.